The number of ether oxygens (including phenoxy) is 2. The van der Waals surface area contributed by atoms with E-state index in [9.17, 15) is 13.6 Å². The van der Waals surface area contributed by atoms with Crippen LogP contribution < -0.4 is 0 Å². The molecule has 0 spiro atoms. The maximum Gasteiger partial charge on any atom is 0.337 e. The first kappa shape index (κ1) is 19.6. The zero-order valence-corrected chi connectivity index (χ0v) is 14.4. The molecule has 0 aromatic rings. The molecule has 0 radical (unpaired) electrons. The van der Waals surface area contributed by atoms with Crippen LogP contribution >= 0.6 is 0 Å². The van der Waals surface area contributed by atoms with E-state index >= 15 is 0 Å². The van der Waals surface area contributed by atoms with Crippen molar-refractivity contribution >= 4 is 5.97 Å². The average Bonchev–Trinajstić information content (AvgIpc) is 2.52. The number of carbonyl (C=O) groups is 1. The SMILES string of the molecule is C=C(O/C(=C(\C)C(=O)OCC)C(F)F)[C@@H]1CC[C@@H](C)N(CC)C1. The Hall–Kier alpha value is -1.43. The van der Waals surface area contributed by atoms with Crippen molar-refractivity contribution in [1.29, 1.82) is 0 Å². The molecule has 0 amide bonds. The van der Waals surface area contributed by atoms with Crippen molar-refractivity contribution in [1.82, 2.24) is 4.90 Å². The van der Waals surface area contributed by atoms with Crippen LogP contribution in [0.2, 0.25) is 0 Å². The van der Waals surface area contributed by atoms with E-state index in [0.717, 1.165) is 25.9 Å². The molecule has 6 heteroatoms. The summed E-state index contributed by atoms with van der Waals surface area (Å²) >= 11 is 0. The molecule has 0 aromatic heterocycles. The van der Waals surface area contributed by atoms with Crippen LogP contribution in [0.3, 0.4) is 0 Å². The summed E-state index contributed by atoms with van der Waals surface area (Å²) < 4.78 is 36.6. The van der Waals surface area contributed by atoms with Crippen molar-refractivity contribution in [3.63, 3.8) is 0 Å². The van der Waals surface area contributed by atoms with Gasteiger partial charge in [-0.1, -0.05) is 13.5 Å². The van der Waals surface area contributed by atoms with Gasteiger partial charge in [-0.05, 0) is 40.2 Å². The molecule has 1 fully saturated rings. The van der Waals surface area contributed by atoms with Gasteiger partial charge in [-0.3, -0.25) is 0 Å². The Bertz CT molecular complexity index is 463. The lowest BCUT2D eigenvalue weighted by atomic mass is 9.92. The van der Waals surface area contributed by atoms with Gasteiger partial charge in [-0.15, -0.1) is 0 Å². The van der Waals surface area contributed by atoms with Crippen LogP contribution in [-0.4, -0.2) is 43.0 Å². The third-order valence-electron chi connectivity index (χ3n) is 4.26. The predicted octanol–water partition coefficient (Wildman–Crippen LogP) is 3.74. The van der Waals surface area contributed by atoms with Crippen LogP contribution in [-0.2, 0) is 14.3 Å². The van der Waals surface area contributed by atoms with Crippen molar-refractivity contribution in [2.75, 3.05) is 19.7 Å². The van der Waals surface area contributed by atoms with E-state index in [0.29, 0.717) is 6.04 Å². The van der Waals surface area contributed by atoms with Gasteiger partial charge in [0, 0.05) is 18.5 Å². The molecule has 1 saturated heterocycles. The molecule has 2 atom stereocenters. The molecule has 1 rings (SSSR count). The maximum absolute atomic E-state index is 13.2. The number of nitrogens with zero attached hydrogens (tertiary/aromatic N) is 1. The normalized spacial score (nSPS) is 23.4. The van der Waals surface area contributed by atoms with Gasteiger partial charge < -0.3 is 14.4 Å². The summed E-state index contributed by atoms with van der Waals surface area (Å²) in [6, 6.07) is 0.468. The summed E-state index contributed by atoms with van der Waals surface area (Å²) in [4.78, 5) is 13.9. The molecule has 0 N–H and O–H groups in total. The molecule has 0 aliphatic carbocycles. The summed E-state index contributed by atoms with van der Waals surface area (Å²) in [6.45, 7) is 12.7. The fourth-order valence-corrected chi connectivity index (χ4v) is 2.73. The van der Waals surface area contributed by atoms with Gasteiger partial charge in [0.25, 0.3) is 6.43 Å². The standard InChI is InChI=1S/C17H27F2NO3/c1-6-20-10-14(9-8-11(20)3)13(5)23-15(16(18)19)12(4)17(21)22-7-2/h11,14,16H,5-10H2,1-4H3/b15-12+/t11-,14-/m1/s1. The van der Waals surface area contributed by atoms with Crippen LogP contribution in [0.25, 0.3) is 0 Å². The monoisotopic (exact) mass is 331 g/mol. The van der Waals surface area contributed by atoms with Gasteiger partial charge >= 0.3 is 5.97 Å². The van der Waals surface area contributed by atoms with E-state index < -0.39 is 18.2 Å². The largest absolute Gasteiger partial charge is 0.463 e. The Kier molecular flexibility index (Phi) is 7.68. The number of piperidine rings is 1. The number of hydrogen-bond acceptors (Lipinski definition) is 4. The average molecular weight is 331 g/mol. The summed E-state index contributed by atoms with van der Waals surface area (Å²) in [5.74, 6) is -1.18. The van der Waals surface area contributed by atoms with E-state index in [1.54, 1.807) is 6.92 Å². The number of esters is 1. The zero-order valence-electron chi connectivity index (χ0n) is 14.4. The van der Waals surface area contributed by atoms with Crippen LogP contribution in [0, 0.1) is 5.92 Å². The highest BCUT2D eigenvalue weighted by molar-refractivity contribution is 5.88. The third-order valence-corrected chi connectivity index (χ3v) is 4.26. The predicted molar refractivity (Wildman–Crippen MR) is 85.0 cm³/mol. The number of halogens is 2. The number of likely N-dealkylation sites (tertiary alicyclic amines) is 1. The smallest absolute Gasteiger partial charge is 0.337 e. The van der Waals surface area contributed by atoms with E-state index in [1.165, 1.54) is 6.92 Å². The van der Waals surface area contributed by atoms with E-state index in [1.807, 2.05) is 0 Å². The van der Waals surface area contributed by atoms with Crippen LogP contribution in [0.5, 0.6) is 0 Å². The minimum absolute atomic E-state index is 0.0186. The Morgan fingerprint density at radius 2 is 2.00 bits per heavy atom. The minimum atomic E-state index is -2.89. The Balaban J connectivity index is 2.83. The Morgan fingerprint density at radius 1 is 1.35 bits per heavy atom. The second kappa shape index (κ2) is 9.01. The molecular weight excluding hydrogens is 304 g/mol. The topological polar surface area (TPSA) is 38.8 Å². The summed E-state index contributed by atoms with van der Waals surface area (Å²) in [6.07, 6.45) is -1.09. The molecule has 23 heavy (non-hydrogen) atoms. The Labute approximate surface area is 137 Å². The second-order valence-corrected chi connectivity index (χ2v) is 5.79. The van der Waals surface area contributed by atoms with Crippen molar-refractivity contribution in [2.24, 2.45) is 5.92 Å². The molecule has 0 bridgehead atoms. The maximum atomic E-state index is 13.2. The molecule has 0 aromatic carbocycles. The van der Waals surface area contributed by atoms with Crippen molar-refractivity contribution in [2.45, 2.75) is 53.0 Å². The molecule has 1 aliphatic heterocycles. The molecule has 1 aliphatic rings. The number of carbonyl (C=O) groups excluding carboxylic acids is 1. The third kappa shape index (κ3) is 5.30. The summed E-state index contributed by atoms with van der Waals surface area (Å²) in [5.41, 5.74) is -0.209. The van der Waals surface area contributed by atoms with Gasteiger partial charge in [-0.25, -0.2) is 13.6 Å². The molecular formula is C17H27F2NO3. The first-order chi connectivity index (χ1) is 10.8. The van der Waals surface area contributed by atoms with Gasteiger partial charge in [-0.2, -0.15) is 0 Å². The van der Waals surface area contributed by atoms with Crippen molar-refractivity contribution in [3.05, 3.63) is 23.7 Å². The van der Waals surface area contributed by atoms with Crippen molar-refractivity contribution < 1.29 is 23.0 Å². The lowest BCUT2D eigenvalue weighted by molar-refractivity contribution is -0.138. The van der Waals surface area contributed by atoms with Gasteiger partial charge in [0.05, 0.1) is 12.2 Å². The first-order valence-corrected chi connectivity index (χ1v) is 8.08. The highest BCUT2D eigenvalue weighted by Gasteiger charge is 2.30. The molecule has 132 valence electrons. The zero-order chi connectivity index (χ0) is 17.6. The van der Waals surface area contributed by atoms with Crippen molar-refractivity contribution in [3.8, 4) is 0 Å². The lowest BCUT2D eigenvalue weighted by Gasteiger charge is -2.37. The first-order valence-electron chi connectivity index (χ1n) is 8.08. The van der Waals surface area contributed by atoms with E-state index in [-0.39, 0.29) is 23.9 Å². The number of alkyl halides is 2. The molecule has 0 unspecified atom stereocenters. The van der Waals surface area contributed by atoms with Gasteiger partial charge in [0.1, 0.15) is 5.76 Å². The molecule has 1 heterocycles. The second-order valence-electron chi connectivity index (χ2n) is 5.79. The fourth-order valence-electron chi connectivity index (χ4n) is 2.73. The van der Waals surface area contributed by atoms with E-state index in [2.05, 4.69) is 25.3 Å². The molecule has 4 nitrogen and oxygen atoms in total. The lowest BCUT2D eigenvalue weighted by Crippen LogP contribution is -2.42. The fraction of sp³-hybridized carbons (Fsp3) is 0.706. The minimum Gasteiger partial charge on any atom is -0.463 e. The highest BCUT2D eigenvalue weighted by Crippen LogP contribution is 2.30. The Morgan fingerprint density at radius 3 is 2.52 bits per heavy atom. The summed E-state index contributed by atoms with van der Waals surface area (Å²) in [5, 5.41) is 0. The molecule has 0 saturated carbocycles. The summed E-state index contributed by atoms with van der Waals surface area (Å²) in [7, 11) is 0. The highest BCUT2D eigenvalue weighted by atomic mass is 19.3. The number of rotatable bonds is 7. The van der Waals surface area contributed by atoms with E-state index in [4.69, 9.17) is 9.47 Å². The number of hydrogen-bond donors (Lipinski definition) is 0. The van der Waals surface area contributed by atoms with Crippen LogP contribution in [0.1, 0.15) is 40.5 Å². The van der Waals surface area contributed by atoms with Crippen LogP contribution in [0.4, 0.5) is 8.78 Å². The van der Waals surface area contributed by atoms with Gasteiger partial charge in [0.2, 0.25) is 0 Å². The quantitative estimate of drug-likeness (QED) is 0.405. The van der Waals surface area contributed by atoms with Gasteiger partial charge in [0.15, 0.2) is 5.76 Å². The number of allylic oxidation sites excluding steroid dienone is 1. The van der Waals surface area contributed by atoms with Crippen LogP contribution in [0.15, 0.2) is 23.7 Å².